The van der Waals surface area contributed by atoms with Gasteiger partial charge in [-0.05, 0) is 49.1 Å². The second kappa shape index (κ2) is 8.72. The van der Waals surface area contributed by atoms with Crippen molar-refractivity contribution < 1.29 is 22.7 Å². The lowest BCUT2D eigenvalue weighted by atomic mass is 9.90. The number of alkyl halides is 3. The zero-order valence-corrected chi connectivity index (χ0v) is 16.3. The standard InChI is InChI=1S/C20H18Cl2F3NO2/c21-16-4-2-5-17(22)19(16)18-6-1-3-14(12-27)26(18)11-13-7-9-15(10-8-13)28-20(23,24)25/h2,4-5,7-10,12,14,18H,1,3,6,11H2. The summed E-state index contributed by atoms with van der Waals surface area (Å²) in [5.41, 5.74) is 1.53. The zero-order valence-electron chi connectivity index (χ0n) is 14.8. The van der Waals surface area contributed by atoms with Gasteiger partial charge in [0.05, 0.1) is 6.04 Å². The maximum absolute atomic E-state index is 12.3. The Morgan fingerprint density at radius 2 is 1.71 bits per heavy atom. The van der Waals surface area contributed by atoms with Crippen LogP contribution in [0.3, 0.4) is 0 Å². The zero-order chi connectivity index (χ0) is 20.3. The Morgan fingerprint density at radius 1 is 1.07 bits per heavy atom. The molecule has 0 N–H and O–H groups in total. The molecule has 1 saturated heterocycles. The average Bonchev–Trinajstić information content (AvgIpc) is 2.63. The number of piperidine rings is 1. The third-order valence-corrected chi connectivity index (χ3v) is 5.48. The second-order valence-electron chi connectivity index (χ2n) is 6.65. The number of rotatable bonds is 5. The number of ether oxygens (including phenoxy) is 1. The molecule has 0 bridgehead atoms. The SMILES string of the molecule is O=CC1CCCC(c2c(Cl)cccc2Cl)N1Cc1ccc(OC(F)(F)F)cc1. The van der Waals surface area contributed by atoms with Crippen molar-refractivity contribution in [3.8, 4) is 5.75 Å². The molecule has 0 radical (unpaired) electrons. The summed E-state index contributed by atoms with van der Waals surface area (Å²) in [6.07, 6.45) is -1.49. The molecular weight excluding hydrogens is 414 g/mol. The van der Waals surface area contributed by atoms with E-state index in [1.54, 1.807) is 30.3 Å². The van der Waals surface area contributed by atoms with Crippen LogP contribution < -0.4 is 4.74 Å². The fraction of sp³-hybridized carbons (Fsp3) is 0.350. The molecule has 2 unspecified atom stereocenters. The smallest absolute Gasteiger partial charge is 0.406 e. The van der Waals surface area contributed by atoms with E-state index in [9.17, 15) is 18.0 Å². The number of aldehydes is 1. The minimum atomic E-state index is -4.73. The predicted molar refractivity (Wildman–Crippen MR) is 102 cm³/mol. The largest absolute Gasteiger partial charge is 0.573 e. The van der Waals surface area contributed by atoms with E-state index < -0.39 is 6.36 Å². The van der Waals surface area contributed by atoms with Crippen LogP contribution in [-0.2, 0) is 11.3 Å². The molecule has 8 heteroatoms. The number of carbonyl (C=O) groups excluding carboxylic acids is 1. The highest BCUT2D eigenvalue weighted by Gasteiger charge is 2.34. The van der Waals surface area contributed by atoms with E-state index >= 15 is 0 Å². The van der Waals surface area contributed by atoms with Crippen LogP contribution in [0.25, 0.3) is 0 Å². The topological polar surface area (TPSA) is 29.5 Å². The van der Waals surface area contributed by atoms with Crippen molar-refractivity contribution in [1.29, 1.82) is 0 Å². The summed E-state index contributed by atoms with van der Waals surface area (Å²) in [7, 11) is 0. The van der Waals surface area contributed by atoms with Crippen molar-refractivity contribution in [3.05, 3.63) is 63.6 Å². The Hall–Kier alpha value is -1.76. The van der Waals surface area contributed by atoms with Gasteiger partial charge in [-0.15, -0.1) is 13.2 Å². The van der Waals surface area contributed by atoms with E-state index in [1.807, 2.05) is 4.90 Å². The molecule has 1 aliphatic rings. The van der Waals surface area contributed by atoms with Crippen molar-refractivity contribution in [1.82, 2.24) is 4.90 Å². The Bertz CT molecular complexity index is 807. The highest BCUT2D eigenvalue weighted by atomic mass is 35.5. The van der Waals surface area contributed by atoms with Gasteiger partial charge in [0.25, 0.3) is 0 Å². The Balaban J connectivity index is 1.86. The molecule has 28 heavy (non-hydrogen) atoms. The summed E-state index contributed by atoms with van der Waals surface area (Å²) < 4.78 is 40.9. The van der Waals surface area contributed by atoms with Crippen LogP contribution in [0.15, 0.2) is 42.5 Å². The third kappa shape index (κ3) is 4.99. The van der Waals surface area contributed by atoms with Gasteiger partial charge in [-0.1, -0.05) is 41.4 Å². The van der Waals surface area contributed by atoms with Crippen LogP contribution in [0.2, 0.25) is 10.0 Å². The van der Waals surface area contributed by atoms with Crippen molar-refractivity contribution >= 4 is 29.5 Å². The van der Waals surface area contributed by atoms with Crippen LogP contribution in [-0.4, -0.2) is 23.6 Å². The van der Waals surface area contributed by atoms with Crippen LogP contribution >= 0.6 is 23.2 Å². The van der Waals surface area contributed by atoms with Gasteiger partial charge in [-0.25, -0.2) is 0 Å². The maximum atomic E-state index is 12.3. The van der Waals surface area contributed by atoms with Gasteiger partial charge in [-0.2, -0.15) is 0 Å². The number of nitrogens with zero attached hydrogens (tertiary/aromatic N) is 1. The van der Waals surface area contributed by atoms with Crippen LogP contribution in [0.4, 0.5) is 13.2 Å². The molecule has 0 aliphatic carbocycles. The monoisotopic (exact) mass is 431 g/mol. The van der Waals surface area contributed by atoms with Crippen LogP contribution in [0.5, 0.6) is 5.75 Å². The minimum absolute atomic E-state index is 0.156. The maximum Gasteiger partial charge on any atom is 0.573 e. The van der Waals surface area contributed by atoms with E-state index in [2.05, 4.69) is 4.74 Å². The highest BCUT2D eigenvalue weighted by molar-refractivity contribution is 6.36. The average molecular weight is 432 g/mol. The molecular formula is C20H18Cl2F3NO2. The lowest BCUT2D eigenvalue weighted by Gasteiger charge is -2.40. The Labute approximate surface area is 171 Å². The number of hydrogen-bond donors (Lipinski definition) is 0. The van der Waals surface area contributed by atoms with E-state index in [1.165, 1.54) is 12.1 Å². The van der Waals surface area contributed by atoms with Crippen LogP contribution in [0, 0.1) is 0 Å². The quantitative estimate of drug-likeness (QED) is 0.528. The first-order chi connectivity index (χ1) is 13.3. The number of benzene rings is 2. The lowest BCUT2D eigenvalue weighted by Crippen LogP contribution is -2.42. The molecule has 1 heterocycles. The van der Waals surface area contributed by atoms with Gasteiger partial charge in [0.1, 0.15) is 12.0 Å². The molecule has 1 aliphatic heterocycles. The minimum Gasteiger partial charge on any atom is -0.406 e. The van der Waals surface area contributed by atoms with Crippen molar-refractivity contribution in [2.45, 2.75) is 44.3 Å². The predicted octanol–water partition coefficient (Wildman–Crippen LogP) is 6.19. The number of carbonyl (C=O) groups is 1. The second-order valence-corrected chi connectivity index (χ2v) is 7.46. The molecule has 0 aromatic heterocycles. The van der Waals surface area contributed by atoms with Crippen molar-refractivity contribution in [3.63, 3.8) is 0 Å². The number of likely N-dealkylation sites (tertiary alicyclic amines) is 1. The van der Waals surface area contributed by atoms with E-state index in [0.29, 0.717) is 23.0 Å². The highest BCUT2D eigenvalue weighted by Crippen LogP contribution is 2.41. The number of halogens is 5. The van der Waals surface area contributed by atoms with Gasteiger partial charge in [0.2, 0.25) is 0 Å². The summed E-state index contributed by atoms with van der Waals surface area (Å²) in [5.74, 6) is -0.285. The molecule has 2 atom stereocenters. The Kier molecular flexibility index (Phi) is 6.53. The lowest BCUT2D eigenvalue weighted by molar-refractivity contribution is -0.274. The summed E-state index contributed by atoms with van der Waals surface area (Å²) in [6, 6.07) is 10.4. The number of hydrogen-bond acceptors (Lipinski definition) is 3. The summed E-state index contributed by atoms with van der Waals surface area (Å²) in [6.45, 7) is 0.377. The molecule has 0 amide bonds. The summed E-state index contributed by atoms with van der Waals surface area (Å²) in [4.78, 5) is 13.7. The third-order valence-electron chi connectivity index (χ3n) is 4.82. The molecule has 2 aromatic carbocycles. The van der Waals surface area contributed by atoms with E-state index in [0.717, 1.165) is 30.3 Å². The van der Waals surface area contributed by atoms with Gasteiger partial charge in [-0.3, -0.25) is 4.90 Å². The first-order valence-electron chi connectivity index (χ1n) is 8.78. The molecule has 3 nitrogen and oxygen atoms in total. The van der Waals surface area contributed by atoms with Gasteiger partial charge in [0, 0.05) is 28.2 Å². The molecule has 3 rings (SSSR count). The fourth-order valence-corrected chi connectivity index (χ4v) is 4.25. The van der Waals surface area contributed by atoms with Gasteiger partial charge >= 0.3 is 6.36 Å². The van der Waals surface area contributed by atoms with Crippen LogP contribution in [0.1, 0.15) is 36.4 Å². The summed E-state index contributed by atoms with van der Waals surface area (Å²) in [5, 5.41) is 1.06. The van der Waals surface area contributed by atoms with Gasteiger partial charge in [0.15, 0.2) is 0 Å². The molecule has 150 valence electrons. The molecule has 0 saturated carbocycles. The van der Waals surface area contributed by atoms with Crippen molar-refractivity contribution in [2.75, 3.05) is 0 Å². The fourth-order valence-electron chi connectivity index (χ4n) is 3.60. The Morgan fingerprint density at radius 3 is 2.29 bits per heavy atom. The molecule has 2 aromatic rings. The summed E-state index contributed by atoms with van der Waals surface area (Å²) >= 11 is 12.8. The van der Waals surface area contributed by atoms with Gasteiger partial charge < -0.3 is 9.53 Å². The van der Waals surface area contributed by atoms with Crippen molar-refractivity contribution in [2.24, 2.45) is 0 Å². The first kappa shape index (κ1) is 21.0. The molecule has 0 spiro atoms. The first-order valence-corrected chi connectivity index (χ1v) is 9.53. The van der Waals surface area contributed by atoms with E-state index in [-0.39, 0.29) is 17.8 Å². The van der Waals surface area contributed by atoms with E-state index in [4.69, 9.17) is 23.2 Å². The normalized spacial score (nSPS) is 20.8. The molecule has 1 fully saturated rings.